The maximum atomic E-state index is 12.2. The standard InChI is InChI=1S/C16H23ClN2O/c1-19(12-14-4-2-3-5-15(14)17)16(20)7-6-13-8-10-18-11-9-13/h2-5,13,18H,6-12H2,1H3. The molecular weight excluding hydrogens is 272 g/mol. The van der Waals surface area contributed by atoms with Gasteiger partial charge in [-0.15, -0.1) is 0 Å². The summed E-state index contributed by atoms with van der Waals surface area (Å²) in [5.74, 6) is 0.914. The zero-order valence-electron chi connectivity index (χ0n) is 12.1. The minimum Gasteiger partial charge on any atom is -0.341 e. The quantitative estimate of drug-likeness (QED) is 0.905. The van der Waals surface area contributed by atoms with E-state index in [1.165, 1.54) is 12.8 Å². The topological polar surface area (TPSA) is 32.3 Å². The number of hydrogen-bond acceptors (Lipinski definition) is 2. The van der Waals surface area contributed by atoms with Crippen molar-refractivity contribution in [3.8, 4) is 0 Å². The molecule has 0 unspecified atom stereocenters. The molecule has 1 aliphatic heterocycles. The van der Waals surface area contributed by atoms with Crippen molar-refractivity contribution >= 4 is 17.5 Å². The molecule has 0 radical (unpaired) electrons. The summed E-state index contributed by atoms with van der Waals surface area (Å²) in [5.41, 5.74) is 1.01. The molecule has 2 rings (SSSR count). The van der Waals surface area contributed by atoms with Crippen molar-refractivity contribution in [1.29, 1.82) is 0 Å². The number of piperidine rings is 1. The third-order valence-corrected chi connectivity index (χ3v) is 4.39. The van der Waals surface area contributed by atoms with Crippen LogP contribution in [0.2, 0.25) is 5.02 Å². The monoisotopic (exact) mass is 294 g/mol. The first kappa shape index (κ1) is 15.3. The van der Waals surface area contributed by atoms with E-state index in [4.69, 9.17) is 11.6 Å². The normalized spacial score (nSPS) is 16.1. The van der Waals surface area contributed by atoms with E-state index in [2.05, 4.69) is 5.32 Å². The highest BCUT2D eigenvalue weighted by atomic mass is 35.5. The van der Waals surface area contributed by atoms with Gasteiger partial charge in [-0.2, -0.15) is 0 Å². The van der Waals surface area contributed by atoms with Gasteiger partial charge < -0.3 is 10.2 Å². The summed E-state index contributed by atoms with van der Waals surface area (Å²) in [4.78, 5) is 13.9. The summed E-state index contributed by atoms with van der Waals surface area (Å²) < 4.78 is 0. The van der Waals surface area contributed by atoms with Crippen LogP contribution in [-0.2, 0) is 11.3 Å². The van der Waals surface area contributed by atoms with E-state index < -0.39 is 0 Å². The fourth-order valence-corrected chi connectivity index (χ4v) is 2.85. The largest absolute Gasteiger partial charge is 0.341 e. The number of hydrogen-bond donors (Lipinski definition) is 1. The molecule has 0 aliphatic carbocycles. The molecule has 0 atom stereocenters. The van der Waals surface area contributed by atoms with Gasteiger partial charge in [-0.3, -0.25) is 4.79 Å². The minimum atomic E-state index is 0.212. The second kappa shape index (κ2) is 7.65. The van der Waals surface area contributed by atoms with Crippen LogP contribution in [0.25, 0.3) is 0 Å². The van der Waals surface area contributed by atoms with Crippen LogP contribution in [0.15, 0.2) is 24.3 Å². The van der Waals surface area contributed by atoms with Gasteiger partial charge >= 0.3 is 0 Å². The molecule has 1 aromatic rings. The molecule has 1 amide bonds. The lowest BCUT2D eigenvalue weighted by atomic mass is 9.93. The number of nitrogens with one attached hydrogen (secondary N) is 1. The average molecular weight is 295 g/mol. The Morgan fingerprint density at radius 1 is 1.35 bits per heavy atom. The van der Waals surface area contributed by atoms with E-state index in [1.807, 2.05) is 31.3 Å². The lowest BCUT2D eigenvalue weighted by Crippen LogP contribution is -2.30. The van der Waals surface area contributed by atoms with Crippen LogP contribution in [0.1, 0.15) is 31.2 Å². The Bertz CT molecular complexity index is 444. The van der Waals surface area contributed by atoms with Crippen molar-refractivity contribution < 1.29 is 4.79 Å². The number of rotatable bonds is 5. The number of carbonyl (C=O) groups is 1. The summed E-state index contributed by atoms with van der Waals surface area (Å²) in [6, 6.07) is 7.70. The van der Waals surface area contributed by atoms with E-state index in [0.29, 0.717) is 18.9 Å². The van der Waals surface area contributed by atoms with Crippen LogP contribution < -0.4 is 5.32 Å². The van der Waals surface area contributed by atoms with Crippen LogP contribution >= 0.6 is 11.6 Å². The molecule has 3 nitrogen and oxygen atoms in total. The summed E-state index contributed by atoms with van der Waals surface area (Å²) in [6.07, 6.45) is 4.04. The van der Waals surface area contributed by atoms with Crippen molar-refractivity contribution in [3.63, 3.8) is 0 Å². The first-order valence-corrected chi connectivity index (χ1v) is 7.72. The van der Waals surface area contributed by atoms with E-state index in [1.54, 1.807) is 4.90 Å². The van der Waals surface area contributed by atoms with E-state index in [0.717, 1.165) is 30.1 Å². The summed E-state index contributed by atoms with van der Waals surface area (Å²) in [5, 5.41) is 4.08. The van der Waals surface area contributed by atoms with Gasteiger partial charge in [0.2, 0.25) is 5.91 Å². The Morgan fingerprint density at radius 2 is 2.05 bits per heavy atom. The van der Waals surface area contributed by atoms with E-state index in [-0.39, 0.29) is 5.91 Å². The third-order valence-electron chi connectivity index (χ3n) is 4.02. The average Bonchev–Trinajstić information content (AvgIpc) is 2.48. The molecule has 4 heteroatoms. The Hall–Kier alpha value is -1.06. The first-order chi connectivity index (χ1) is 9.66. The van der Waals surface area contributed by atoms with Crippen LogP contribution in [0, 0.1) is 5.92 Å². The van der Waals surface area contributed by atoms with Gasteiger partial charge in [0, 0.05) is 25.0 Å². The van der Waals surface area contributed by atoms with Crippen LogP contribution in [0.4, 0.5) is 0 Å². The highest BCUT2D eigenvalue weighted by Crippen LogP contribution is 2.20. The predicted molar refractivity (Wildman–Crippen MR) is 82.8 cm³/mol. The molecule has 20 heavy (non-hydrogen) atoms. The lowest BCUT2D eigenvalue weighted by Gasteiger charge is -2.24. The van der Waals surface area contributed by atoms with Crippen molar-refractivity contribution in [2.45, 2.75) is 32.2 Å². The molecule has 0 saturated carbocycles. The molecule has 1 aliphatic rings. The maximum absolute atomic E-state index is 12.2. The van der Waals surface area contributed by atoms with Crippen LogP contribution in [-0.4, -0.2) is 30.9 Å². The predicted octanol–water partition coefficient (Wildman–Crippen LogP) is 3.08. The molecule has 0 bridgehead atoms. The molecule has 110 valence electrons. The number of carbonyl (C=O) groups excluding carboxylic acids is 1. The molecule has 1 fully saturated rings. The number of halogens is 1. The summed E-state index contributed by atoms with van der Waals surface area (Å²) in [6.45, 7) is 2.77. The highest BCUT2D eigenvalue weighted by molar-refractivity contribution is 6.31. The van der Waals surface area contributed by atoms with Crippen molar-refractivity contribution in [2.24, 2.45) is 5.92 Å². The van der Waals surface area contributed by atoms with Gasteiger partial charge in [0.25, 0.3) is 0 Å². The summed E-state index contributed by atoms with van der Waals surface area (Å²) >= 11 is 6.13. The summed E-state index contributed by atoms with van der Waals surface area (Å²) in [7, 11) is 1.86. The van der Waals surface area contributed by atoms with Crippen molar-refractivity contribution in [3.05, 3.63) is 34.9 Å². The molecule has 1 N–H and O–H groups in total. The third kappa shape index (κ3) is 4.50. The fourth-order valence-electron chi connectivity index (χ4n) is 2.66. The maximum Gasteiger partial charge on any atom is 0.222 e. The second-order valence-corrected chi connectivity index (χ2v) is 5.98. The zero-order valence-corrected chi connectivity index (χ0v) is 12.8. The van der Waals surface area contributed by atoms with Crippen molar-refractivity contribution in [2.75, 3.05) is 20.1 Å². The van der Waals surface area contributed by atoms with Crippen LogP contribution in [0.5, 0.6) is 0 Å². The Morgan fingerprint density at radius 3 is 2.75 bits per heavy atom. The smallest absolute Gasteiger partial charge is 0.222 e. The van der Waals surface area contributed by atoms with E-state index in [9.17, 15) is 4.79 Å². The van der Waals surface area contributed by atoms with Gasteiger partial charge in [0.15, 0.2) is 0 Å². The fraction of sp³-hybridized carbons (Fsp3) is 0.562. The molecular formula is C16H23ClN2O. The van der Waals surface area contributed by atoms with Gasteiger partial charge in [-0.1, -0.05) is 29.8 Å². The molecule has 0 aromatic heterocycles. The first-order valence-electron chi connectivity index (χ1n) is 7.35. The molecule has 0 spiro atoms. The van der Waals surface area contributed by atoms with Crippen LogP contribution in [0.3, 0.4) is 0 Å². The van der Waals surface area contributed by atoms with Gasteiger partial charge in [-0.25, -0.2) is 0 Å². The number of amides is 1. The minimum absolute atomic E-state index is 0.212. The van der Waals surface area contributed by atoms with Crippen molar-refractivity contribution in [1.82, 2.24) is 10.2 Å². The second-order valence-electron chi connectivity index (χ2n) is 5.57. The molecule has 1 aromatic carbocycles. The Balaban J connectivity index is 1.78. The van der Waals surface area contributed by atoms with Gasteiger partial charge in [0.05, 0.1) is 0 Å². The Kier molecular flexibility index (Phi) is 5.86. The highest BCUT2D eigenvalue weighted by Gasteiger charge is 2.16. The van der Waals surface area contributed by atoms with Gasteiger partial charge in [0.1, 0.15) is 0 Å². The number of nitrogens with zero attached hydrogens (tertiary/aromatic N) is 1. The molecule has 1 heterocycles. The number of benzene rings is 1. The Labute approximate surface area is 126 Å². The lowest BCUT2D eigenvalue weighted by molar-refractivity contribution is -0.130. The zero-order chi connectivity index (χ0) is 14.4. The molecule has 1 saturated heterocycles. The van der Waals surface area contributed by atoms with E-state index >= 15 is 0 Å². The SMILES string of the molecule is CN(Cc1ccccc1Cl)C(=O)CCC1CCNCC1. The van der Waals surface area contributed by atoms with Gasteiger partial charge in [-0.05, 0) is 49.9 Å².